The minimum Gasteiger partial charge on any atom is -0.481 e. The van der Waals surface area contributed by atoms with Crippen LogP contribution in [0.15, 0.2) is 24.3 Å². The third-order valence-electron chi connectivity index (χ3n) is 4.26. The maximum absolute atomic E-state index is 11.6. The molecule has 1 aliphatic carbocycles. The minimum atomic E-state index is -0.837. The number of carbonyl (C=O) groups is 1. The maximum Gasteiger partial charge on any atom is 0.307 e. The molecule has 20 heavy (non-hydrogen) atoms. The molecule has 1 saturated carbocycles. The summed E-state index contributed by atoms with van der Waals surface area (Å²) in [5.41, 5.74) is 0.845. The van der Waals surface area contributed by atoms with E-state index in [1.54, 1.807) is 6.07 Å². The van der Waals surface area contributed by atoms with Crippen molar-refractivity contribution in [3.63, 3.8) is 0 Å². The number of rotatable bonds is 4. The van der Waals surface area contributed by atoms with Gasteiger partial charge in [-0.05, 0) is 36.8 Å². The van der Waals surface area contributed by atoms with Crippen LogP contribution in [0.4, 0.5) is 0 Å². The van der Waals surface area contributed by atoms with Crippen molar-refractivity contribution in [2.75, 3.05) is 0 Å². The van der Waals surface area contributed by atoms with Crippen LogP contribution in [0.1, 0.15) is 37.7 Å². The molecule has 1 aromatic rings. The molecule has 3 atom stereocenters. The molecule has 110 valence electrons. The van der Waals surface area contributed by atoms with E-state index in [0.29, 0.717) is 17.9 Å². The molecule has 3 nitrogen and oxygen atoms in total. The van der Waals surface area contributed by atoms with Crippen molar-refractivity contribution < 1.29 is 15.0 Å². The molecule has 0 heterocycles. The quantitative estimate of drug-likeness (QED) is 0.836. The summed E-state index contributed by atoms with van der Waals surface area (Å²) in [6.45, 7) is 0. The molecule has 4 heteroatoms. The Kier molecular flexibility index (Phi) is 5.44. The Morgan fingerprint density at radius 2 is 1.95 bits per heavy atom. The van der Waals surface area contributed by atoms with Gasteiger partial charge in [0.25, 0.3) is 0 Å². The number of halogens is 1. The lowest BCUT2D eigenvalue weighted by Gasteiger charge is -2.27. The molecule has 1 aliphatic rings. The molecular weight excluding hydrogens is 276 g/mol. The largest absolute Gasteiger partial charge is 0.481 e. The molecule has 0 amide bonds. The monoisotopic (exact) mass is 296 g/mol. The van der Waals surface area contributed by atoms with E-state index in [4.69, 9.17) is 11.6 Å². The van der Waals surface area contributed by atoms with Crippen LogP contribution < -0.4 is 0 Å². The predicted molar refractivity (Wildman–Crippen MR) is 78.9 cm³/mol. The molecule has 1 fully saturated rings. The Hall–Kier alpha value is -1.06. The van der Waals surface area contributed by atoms with Crippen LogP contribution in [0.3, 0.4) is 0 Å². The summed E-state index contributed by atoms with van der Waals surface area (Å²) in [5, 5.41) is 20.4. The highest BCUT2D eigenvalue weighted by atomic mass is 35.5. The smallest absolute Gasteiger partial charge is 0.307 e. The van der Waals surface area contributed by atoms with Crippen molar-refractivity contribution in [3.8, 4) is 0 Å². The van der Waals surface area contributed by atoms with Crippen molar-refractivity contribution in [1.82, 2.24) is 0 Å². The number of hydrogen-bond donors (Lipinski definition) is 2. The van der Waals surface area contributed by atoms with Gasteiger partial charge in [-0.15, -0.1) is 0 Å². The molecular formula is C16H21ClO3. The molecule has 0 bridgehead atoms. The highest BCUT2D eigenvalue weighted by Gasteiger charge is 2.34. The van der Waals surface area contributed by atoms with Crippen molar-refractivity contribution in [2.45, 2.75) is 44.6 Å². The van der Waals surface area contributed by atoms with Crippen molar-refractivity contribution in [1.29, 1.82) is 0 Å². The Morgan fingerprint density at radius 3 is 2.65 bits per heavy atom. The maximum atomic E-state index is 11.6. The van der Waals surface area contributed by atoms with Gasteiger partial charge in [0.1, 0.15) is 0 Å². The fraction of sp³-hybridized carbons (Fsp3) is 0.562. The molecule has 0 aliphatic heterocycles. The summed E-state index contributed by atoms with van der Waals surface area (Å²) in [6, 6.07) is 7.34. The number of aliphatic hydroxyl groups excluding tert-OH is 1. The fourth-order valence-electron chi connectivity index (χ4n) is 3.11. The third-order valence-corrected chi connectivity index (χ3v) is 4.63. The van der Waals surface area contributed by atoms with Gasteiger partial charge in [-0.25, -0.2) is 0 Å². The lowest BCUT2D eigenvalue weighted by Crippen LogP contribution is -2.33. The molecule has 3 unspecified atom stereocenters. The summed E-state index contributed by atoms with van der Waals surface area (Å²) in [6.07, 6.45) is 4.41. The predicted octanol–water partition coefficient (Wildman–Crippen LogP) is 3.52. The van der Waals surface area contributed by atoms with Crippen molar-refractivity contribution in [3.05, 3.63) is 34.9 Å². The first-order chi connectivity index (χ1) is 9.59. The highest BCUT2D eigenvalue weighted by Crippen LogP contribution is 2.33. The number of hydrogen-bond acceptors (Lipinski definition) is 2. The Labute approximate surface area is 124 Å². The second kappa shape index (κ2) is 7.09. The standard InChI is InChI=1S/C16H21ClO3/c17-14-8-5-4-6-11(14)10-13(16(19)20)12-7-2-1-3-9-15(12)18/h4-6,8,12-13,15,18H,1-3,7,9-10H2,(H,19,20). The van der Waals surface area contributed by atoms with Crippen LogP contribution in [0.5, 0.6) is 0 Å². The van der Waals surface area contributed by atoms with Gasteiger partial charge in [0.2, 0.25) is 0 Å². The van der Waals surface area contributed by atoms with E-state index < -0.39 is 18.0 Å². The second-order valence-corrected chi connectivity index (χ2v) is 6.02. The second-order valence-electron chi connectivity index (χ2n) is 5.61. The highest BCUT2D eigenvalue weighted by molar-refractivity contribution is 6.31. The third kappa shape index (κ3) is 3.74. The van der Waals surface area contributed by atoms with E-state index in [1.165, 1.54) is 0 Å². The molecule has 1 aromatic carbocycles. The van der Waals surface area contributed by atoms with Crippen LogP contribution in [-0.2, 0) is 11.2 Å². The van der Waals surface area contributed by atoms with Crippen LogP contribution in [0.2, 0.25) is 5.02 Å². The number of benzene rings is 1. The van der Waals surface area contributed by atoms with Crippen LogP contribution >= 0.6 is 11.6 Å². The number of aliphatic hydroxyl groups is 1. The summed E-state index contributed by atoms with van der Waals surface area (Å²) < 4.78 is 0. The SMILES string of the molecule is O=C(O)C(Cc1ccccc1Cl)C1CCCCCC1O. The van der Waals surface area contributed by atoms with Gasteiger partial charge in [0, 0.05) is 5.02 Å². The van der Waals surface area contributed by atoms with Crippen LogP contribution in [0, 0.1) is 11.8 Å². The first-order valence-corrected chi connectivity index (χ1v) is 7.61. The summed E-state index contributed by atoms with van der Waals surface area (Å²) in [7, 11) is 0. The average Bonchev–Trinajstić information content (AvgIpc) is 2.62. The zero-order chi connectivity index (χ0) is 14.5. The van der Waals surface area contributed by atoms with E-state index in [-0.39, 0.29) is 5.92 Å². The van der Waals surface area contributed by atoms with Crippen molar-refractivity contribution in [2.24, 2.45) is 11.8 Å². The van der Waals surface area contributed by atoms with Gasteiger partial charge >= 0.3 is 5.97 Å². The topological polar surface area (TPSA) is 57.5 Å². The lowest BCUT2D eigenvalue weighted by atomic mass is 9.80. The summed E-state index contributed by atoms with van der Waals surface area (Å²) in [4.78, 5) is 11.6. The van der Waals surface area contributed by atoms with Gasteiger partial charge in [0.05, 0.1) is 12.0 Å². The normalized spacial score (nSPS) is 24.9. The zero-order valence-corrected chi connectivity index (χ0v) is 12.2. The lowest BCUT2D eigenvalue weighted by molar-refractivity contribution is -0.145. The molecule has 2 rings (SSSR count). The number of aliphatic carboxylic acids is 1. The number of carboxylic acids is 1. The first kappa shape index (κ1) is 15.3. The van der Waals surface area contributed by atoms with E-state index >= 15 is 0 Å². The minimum absolute atomic E-state index is 0.175. The van der Waals surface area contributed by atoms with E-state index in [0.717, 1.165) is 31.2 Å². The van der Waals surface area contributed by atoms with Crippen LogP contribution in [-0.4, -0.2) is 22.3 Å². The number of carboxylic acid groups (broad SMARTS) is 1. The van der Waals surface area contributed by atoms with E-state index in [2.05, 4.69) is 0 Å². The van der Waals surface area contributed by atoms with Crippen LogP contribution in [0.25, 0.3) is 0 Å². The van der Waals surface area contributed by atoms with Crippen molar-refractivity contribution >= 4 is 17.6 Å². The Balaban J connectivity index is 2.18. The van der Waals surface area contributed by atoms with Gasteiger partial charge in [0.15, 0.2) is 0 Å². The van der Waals surface area contributed by atoms with E-state index in [9.17, 15) is 15.0 Å². The van der Waals surface area contributed by atoms with Gasteiger partial charge < -0.3 is 10.2 Å². The van der Waals surface area contributed by atoms with Gasteiger partial charge in [-0.2, -0.15) is 0 Å². The van der Waals surface area contributed by atoms with Gasteiger partial charge in [-0.3, -0.25) is 4.79 Å². The first-order valence-electron chi connectivity index (χ1n) is 7.24. The average molecular weight is 297 g/mol. The molecule has 0 aromatic heterocycles. The molecule has 0 radical (unpaired) electrons. The Bertz CT molecular complexity index is 461. The van der Waals surface area contributed by atoms with E-state index in [1.807, 2.05) is 18.2 Å². The summed E-state index contributed by atoms with van der Waals surface area (Å²) in [5.74, 6) is -1.58. The molecule has 0 saturated heterocycles. The molecule has 2 N–H and O–H groups in total. The summed E-state index contributed by atoms with van der Waals surface area (Å²) >= 11 is 6.13. The van der Waals surface area contributed by atoms with Gasteiger partial charge in [-0.1, -0.05) is 49.1 Å². The zero-order valence-electron chi connectivity index (χ0n) is 11.5. The fourth-order valence-corrected chi connectivity index (χ4v) is 3.32. The Morgan fingerprint density at radius 1 is 1.25 bits per heavy atom. The molecule has 0 spiro atoms.